The maximum Gasteiger partial charge on any atom is 0.328 e. The predicted octanol–water partition coefficient (Wildman–Crippen LogP) is 0.595. The lowest BCUT2D eigenvalue weighted by atomic mass is 10.3. The molecule has 2 N–H and O–H groups in total. The molecule has 0 heterocycles. The van der Waals surface area contributed by atoms with Crippen molar-refractivity contribution in [2.45, 2.75) is 19.8 Å². The summed E-state index contributed by atoms with van der Waals surface area (Å²) in [5.41, 5.74) is 0. The van der Waals surface area contributed by atoms with Crippen LogP contribution in [0.5, 0.6) is 0 Å². The molecule has 90 valence electrons. The number of carbonyl (C=O) groups is 3. The van der Waals surface area contributed by atoms with E-state index in [4.69, 9.17) is 5.11 Å². The van der Waals surface area contributed by atoms with Gasteiger partial charge in [-0.3, -0.25) is 10.1 Å². The van der Waals surface area contributed by atoms with Crippen LogP contribution in [-0.4, -0.2) is 41.5 Å². The van der Waals surface area contributed by atoms with Crippen LogP contribution in [0.1, 0.15) is 19.8 Å². The van der Waals surface area contributed by atoms with Crippen molar-refractivity contribution in [1.29, 1.82) is 0 Å². The molecule has 16 heavy (non-hydrogen) atoms. The van der Waals surface area contributed by atoms with E-state index in [0.29, 0.717) is 12.6 Å². The summed E-state index contributed by atoms with van der Waals surface area (Å²) in [5.74, 6) is -1.97. The zero-order valence-corrected chi connectivity index (χ0v) is 9.40. The standard InChI is InChI=1S/C10H16N2O4/c1-3-4-7-12(2)10(16)11-8(13)5-6-9(14)15/h5-6H,3-4,7H2,1-2H3,(H,14,15)(H,11,13,16)/b6-5+. The quantitative estimate of drug-likeness (QED) is 0.674. The van der Waals surface area contributed by atoms with E-state index in [1.165, 1.54) is 4.90 Å². The van der Waals surface area contributed by atoms with E-state index < -0.39 is 17.9 Å². The molecule has 3 amide bonds. The molecule has 0 atom stereocenters. The first kappa shape index (κ1) is 14.2. The van der Waals surface area contributed by atoms with E-state index in [1.54, 1.807) is 7.05 Å². The minimum Gasteiger partial charge on any atom is -0.478 e. The monoisotopic (exact) mass is 228 g/mol. The fourth-order valence-electron chi connectivity index (χ4n) is 0.886. The fourth-order valence-corrected chi connectivity index (χ4v) is 0.886. The van der Waals surface area contributed by atoms with Crippen molar-refractivity contribution in [3.05, 3.63) is 12.2 Å². The van der Waals surface area contributed by atoms with Crippen LogP contribution in [0.2, 0.25) is 0 Å². The highest BCUT2D eigenvalue weighted by molar-refractivity contribution is 6.02. The SMILES string of the molecule is CCCCN(C)C(=O)NC(=O)/C=C/C(=O)O. The second-order valence-corrected chi connectivity index (χ2v) is 3.24. The van der Waals surface area contributed by atoms with E-state index in [1.807, 2.05) is 12.2 Å². The van der Waals surface area contributed by atoms with Gasteiger partial charge in [0.25, 0.3) is 5.91 Å². The maximum atomic E-state index is 11.3. The number of nitrogens with zero attached hydrogens (tertiary/aromatic N) is 1. The van der Waals surface area contributed by atoms with Gasteiger partial charge in [-0.1, -0.05) is 13.3 Å². The highest BCUT2D eigenvalue weighted by Crippen LogP contribution is 1.92. The van der Waals surface area contributed by atoms with Crippen LogP contribution in [0.3, 0.4) is 0 Å². The summed E-state index contributed by atoms with van der Waals surface area (Å²) in [6.07, 6.45) is 3.27. The number of unbranched alkanes of at least 4 members (excludes halogenated alkanes) is 1. The largest absolute Gasteiger partial charge is 0.478 e. The number of amides is 3. The van der Waals surface area contributed by atoms with Crippen LogP contribution in [0.4, 0.5) is 4.79 Å². The third-order valence-electron chi connectivity index (χ3n) is 1.80. The summed E-state index contributed by atoms with van der Waals surface area (Å²) in [5, 5.41) is 10.3. The number of hydrogen-bond acceptors (Lipinski definition) is 3. The number of nitrogens with one attached hydrogen (secondary N) is 1. The second-order valence-electron chi connectivity index (χ2n) is 3.24. The van der Waals surface area contributed by atoms with Crippen molar-refractivity contribution < 1.29 is 19.5 Å². The number of imide groups is 1. The number of urea groups is 1. The maximum absolute atomic E-state index is 11.3. The summed E-state index contributed by atoms with van der Waals surface area (Å²) in [6, 6.07) is -0.534. The van der Waals surface area contributed by atoms with E-state index in [2.05, 4.69) is 0 Å². The molecule has 0 spiro atoms. The Bertz CT molecular complexity index is 299. The molecule has 0 bridgehead atoms. The number of carbonyl (C=O) groups excluding carboxylic acids is 2. The molecular formula is C10H16N2O4. The second kappa shape index (κ2) is 7.44. The Labute approximate surface area is 93.9 Å². The molecule has 0 fully saturated rings. The highest BCUT2D eigenvalue weighted by Gasteiger charge is 2.09. The van der Waals surface area contributed by atoms with E-state index >= 15 is 0 Å². The van der Waals surface area contributed by atoms with Gasteiger partial charge < -0.3 is 10.0 Å². The van der Waals surface area contributed by atoms with Gasteiger partial charge in [-0.25, -0.2) is 9.59 Å². The summed E-state index contributed by atoms with van der Waals surface area (Å²) in [6.45, 7) is 2.55. The first-order chi connectivity index (χ1) is 7.47. The summed E-state index contributed by atoms with van der Waals surface area (Å²) in [4.78, 5) is 33.8. The third-order valence-corrected chi connectivity index (χ3v) is 1.80. The van der Waals surface area contributed by atoms with Gasteiger partial charge in [-0.15, -0.1) is 0 Å². The molecule has 0 aromatic rings. The van der Waals surface area contributed by atoms with Gasteiger partial charge in [0.2, 0.25) is 0 Å². The van der Waals surface area contributed by atoms with Gasteiger partial charge in [0.1, 0.15) is 0 Å². The van der Waals surface area contributed by atoms with Gasteiger partial charge in [0.15, 0.2) is 0 Å². The Morgan fingerprint density at radius 3 is 2.44 bits per heavy atom. The zero-order valence-electron chi connectivity index (χ0n) is 9.40. The van der Waals surface area contributed by atoms with E-state index in [9.17, 15) is 14.4 Å². The minimum atomic E-state index is -1.23. The van der Waals surface area contributed by atoms with Crippen LogP contribution >= 0.6 is 0 Å². The number of aliphatic carboxylic acids is 1. The lowest BCUT2D eigenvalue weighted by molar-refractivity contribution is -0.131. The van der Waals surface area contributed by atoms with Gasteiger partial charge >= 0.3 is 12.0 Å². The van der Waals surface area contributed by atoms with Crippen LogP contribution in [-0.2, 0) is 9.59 Å². The van der Waals surface area contributed by atoms with Crippen molar-refractivity contribution >= 4 is 17.9 Å². The van der Waals surface area contributed by atoms with Crippen molar-refractivity contribution in [1.82, 2.24) is 10.2 Å². The van der Waals surface area contributed by atoms with Crippen LogP contribution in [0, 0.1) is 0 Å². The Hall–Kier alpha value is -1.85. The van der Waals surface area contributed by atoms with Gasteiger partial charge in [0, 0.05) is 25.7 Å². The van der Waals surface area contributed by atoms with Gasteiger partial charge in [-0.2, -0.15) is 0 Å². The fraction of sp³-hybridized carbons (Fsp3) is 0.500. The van der Waals surface area contributed by atoms with Crippen LogP contribution < -0.4 is 5.32 Å². The zero-order chi connectivity index (χ0) is 12.6. The first-order valence-corrected chi connectivity index (χ1v) is 4.94. The first-order valence-electron chi connectivity index (χ1n) is 4.94. The van der Waals surface area contributed by atoms with E-state index in [0.717, 1.165) is 18.9 Å². The van der Waals surface area contributed by atoms with E-state index in [-0.39, 0.29) is 0 Å². The number of hydrogen-bond donors (Lipinski definition) is 2. The van der Waals surface area contributed by atoms with Crippen molar-refractivity contribution in [2.24, 2.45) is 0 Å². The van der Waals surface area contributed by atoms with Crippen molar-refractivity contribution in [3.63, 3.8) is 0 Å². The van der Waals surface area contributed by atoms with Gasteiger partial charge in [0.05, 0.1) is 0 Å². The molecule has 0 aromatic carbocycles. The Kier molecular flexibility index (Phi) is 6.58. The normalized spacial score (nSPS) is 10.1. The highest BCUT2D eigenvalue weighted by atomic mass is 16.4. The molecule has 0 saturated heterocycles. The Morgan fingerprint density at radius 2 is 1.94 bits per heavy atom. The van der Waals surface area contributed by atoms with Crippen molar-refractivity contribution in [3.8, 4) is 0 Å². The number of carboxylic acids is 1. The Morgan fingerprint density at radius 1 is 1.31 bits per heavy atom. The number of carboxylic acid groups (broad SMARTS) is 1. The smallest absolute Gasteiger partial charge is 0.328 e. The topological polar surface area (TPSA) is 86.7 Å². The molecule has 6 nitrogen and oxygen atoms in total. The number of rotatable bonds is 5. The van der Waals surface area contributed by atoms with Crippen molar-refractivity contribution in [2.75, 3.05) is 13.6 Å². The molecule has 0 aliphatic rings. The predicted molar refractivity (Wildman–Crippen MR) is 57.9 cm³/mol. The summed E-state index contributed by atoms with van der Waals surface area (Å²) >= 11 is 0. The van der Waals surface area contributed by atoms with Crippen LogP contribution in [0.25, 0.3) is 0 Å². The summed E-state index contributed by atoms with van der Waals surface area (Å²) < 4.78 is 0. The van der Waals surface area contributed by atoms with Gasteiger partial charge in [-0.05, 0) is 6.42 Å². The minimum absolute atomic E-state index is 0.534. The molecule has 0 aliphatic carbocycles. The summed E-state index contributed by atoms with van der Waals surface area (Å²) in [7, 11) is 1.57. The lowest BCUT2D eigenvalue weighted by Crippen LogP contribution is -2.40. The molecule has 0 saturated carbocycles. The lowest BCUT2D eigenvalue weighted by Gasteiger charge is -2.15. The molecular weight excluding hydrogens is 212 g/mol. The molecule has 6 heteroatoms. The third kappa shape index (κ3) is 6.58. The average Bonchev–Trinajstić information content (AvgIpc) is 2.22. The molecule has 0 aliphatic heterocycles. The molecule has 0 radical (unpaired) electrons. The molecule has 0 aromatic heterocycles. The van der Waals surface area contributed by atoms with Crippen LogP contribution in [0.15, 0.2) is 12.2 Å². The Balaban J connectivity index is 4.03. The average molecular weight is 228 g/mol. The molecule has 0 rings (SSSR count). The molecule has 0 unspecified atom stereocenters.